The molecule has 0 saturated heterocycles. The zero-order chi connectivity index (χ0) is 17.8. The van der Waals surface area contributed by atoms with Crippen LogP contribution in [0.25, 0.3) is 10.2 Å². The van der Waals surface area contributed by atoms with Gasteiger partial charge in [0, 0.05) is 5.56 Å². The lowest BCUT2D eigenvalue weighted by molar-refractivity contribution is 0.102. The number of thiazole rings is 1. The first-order valence-corrected chi connectivity index (χ1v) is 8.53. The minimum absolute atomic E-state index is 0.259. The van der Waals surface area contributed by atoms with Crippen molar-refractivity contribution in [3.8, 4) is 17.2 Å². The molecule has 3 rings (SSSR count). The molecule has 7 heteroatoms. The van der Waals surface area contributed by atoms with Crippen LogP contribution in [-0.2, 0) is 0 Å². The topological polar surface area (TPSA) is 69.7 Å². The van der Waals surface area contributed by atoms with Crippen LogP contribution in [0.2, 0.25) is 0 Å². The Labute approximate surface area is 149 Å². The van der Waals surface area contributed by atoms with Crippen LogP contribution in [0.5, 0.6) is 17.2 Å². The minimum Gasteiger partial charge on any atom is -0.494 e. The van der Waals surface area contributed by atoms with Gasteiger partial charge in [0.25, 0.3) is 5.91 Å². The SMILES string of the molecule is CCOc1ccc2nc(NC(=O)c3ccc(OC)c(OC)c3)sc2c1. The van der Waals surface area contributed by atoms with E-state index in [-0.39, 0.29) is 5.91 Å². The minimum atomic E-state index is -0.259. The van der Waals surface area contributed by atoms with Gasteiger partial charge in [0.05, 0.1) is 31.0 Å². The number of ether oxygens (including phenoxy) is 3. The lowest BCUT2D eigenvalue weighted by atomic mass is 10.2. The average Bonchev–Trinajstić information content (AvgIpc) is 3.02. The number of benzene rings is 2. The maximum atomic E-state index is 12.5. The van der Waals surface area contributed by atoms with Crippen molar-refractivity contribution in [2.75, 3.05) is 26.1 Å². The van der Waals surface area contributed by atoms with Crippen molar-refractivity contribution in [3.63, 3.8) is 0 Å². The van der Waals surface area contributed by atoms with Gasteiger partial charge < -0.3 is 14.2 Å². The Hall–Kier alpha value is -2.80. The summed E-state index contributed by atoms with van der Waals surface area (Å²) in [7, 11) is 3.08. The average molecular weight is 358 g/mol. The van der Waals surface area contributed by atoms with Gasteiger partial charge in [0.2, 0.25) is 0 Å². The summed E-state index contributed by atoms with van der Waals surface area (Å²) in [5, 5.41) is 3.35. The van der Waals surface area contributed by atoms with E-state index in [9.17, 15) is 4.79 Å². The summed E-state index contributed by atoms with van der Waals surface area (Å²) in [5.41, 5.74) is 1.28. The number of hydrogen-bond acceptors (Lipinski definition) is 6. The number of aromatic nitrogens is 1. The molecular weight excluding hydrogens is 340 g/mol. The van der Waals surface area contributed by atoms with E-state index in [1.54, 1.807) is 25.3 Å². The van der Waals surface area contributed by atoms with Crippen molar-refractivity contribution in [1.29, 1.82) is 0 Å². The van der Waals surface area contributed by atoms with Gasteiger partial charge in [-0.3, -0.25) is 10.1 Å². The zero-order valence-corrected chi connectivity index (χ0v) is 15.0. The molecule has 1 amide bonds. The second-order valence-corrected chi connectivity index (χ2v) is 6.14. The first-order chi connectivity index (χ1) is 12.1. The van der Waals surface area contributed by atoms with E-state index < -0.39 is 0 Å². The van der Waals surface area contributed by atoms with E-state index in [0.717, 1.165) is 16.0 Å². The third kappa shape index (κ3) is 3.66. The first-order valence-electron chi connectivity index (χ1n) is 7.71. The quantitative estimate of drug-likeness (QED) is 0.722. The van der Waals surface area contributed by atoms with Crippen molar-refractivity contribution in [3.05, 3.63) is 42.0 Å². The van der Waals surface area contributed by atoms with E-state index in [2.05, 4.69) is 10.3 Å². The molecule has 0 aliphatic carbocycles. The monoisotopic (exact) mass is 358 g/mol. The highest BCUT2D eigenvalue weighted by Gasteiger charge is 2.13. The van der Waals surface area contributed by atoms with Gasteiger partial charge in [-0.15, -0.1) is 0 Å². The Morgan fingerprint density at radius 3 is 2.64 bits per heavy atom. The van der Waals surface area contributed by atoms with Gasteiger partial charge in [-0.25, -0.2) is 4.98 Å². The molecule has 0 aliphatic heterocycles. The number of nitrogens with zero attached hydrogens (tertiary/aromatic N) is 1. The number of carbonyl (C=O) groups excluding carboxylic acids is 1. The van der Waals surface area contributed by atoms with Crippen molar-refractivity contribution >= 4 is 32.6 Å². The van der Waals surface area contributed by atoms with Gasteiger partial charge in [-0.1, -0.05) is 11.3 Å². The van der Waals surface area contributed by atoms with Gasteiger partial charge >= 0.3 is 0 Å². The second-order valence-electron chi connectivity index (χ2n) is 5.11. The summed E-state index contributed by atoms with van der Waals surface area (Å²) in [6.45, 7) is 2.54. The van der Waals surface area contributed by atoms with Crippen molar-refractivity contribution < 1.29 is 19.0 Å². The molecule has 6 nitrogen and oxygen atoms in total. The summed E-state index contributed by atoms with van der Waals surface area (Å²) in [6, 6.07) is 10.7. The van der Waals surface area contributed by atoms with Crippen LogP contribution < -0.4 is 19.5 Å². The third-order valence-electron chi connectivity index (χ3n) is 3.54. The molecule has 25 heavy (non-hydrogen) atoms. The van der Waals surface area contributed by atoms with E-state index in [1.165, 1.54) is 18.4 Å². The Balaban J connectivity index is 1.81. The third-order valence-corrected chi connectivity index (χ3v) is 4.47. The maximum absolute atomic E-state index is 12.5. The molecule has 0 aliphatic rings. The highest BCUT2D eigenvalue weighted by Crippen LogP contribution is 2.31. The number of amides is 1. The highest BCUT2D eigenvalue weighted by atomic mass is 32.1. The van der Waals surface area contributed by atoms with Gasteiger partial charge in [0.15, 0.2) is 16.6 Å². The number of fused-ring (bicyclic) bond motifs is 1. The molecule has 0 fully saturated rings. The first kappa shape index (κ1) is 17.0. The van der Waals surface area contributed by atoms with Crippen LogP contribution in [-0.4, -0.2) is 31.7 Å². The summed E-state index contributed by atoms with van der Waals surface area (Å²) in [6.07, 6.45) is 0. The molecule has 1 heterocycles. The fourth-order valence-corrected chi connectivity index (χ4v) is 3.25. The second kappa shape index (κ2) is 7.40. The fraction of sp³-hybridized carbons (Fsp3) is 0.222. The Bertz CT molecular complexity index is 907. The predicted octanol–water partition coefficient (Wildman–Crippen LogP) is 3.96. The van der Waals surface area contributed by atoms with Crippen LogP contribution >= 0.6 is 11.3 Å². The smallest absolute Gasteiger partial charge is 0.257 e. The zero-order valence-electron chi connectivity index (χ0n) is 14.2. The highest BCUT2D eigenvalue weighted by molar-refractivity contribution is 7.22. The molecule has 1 N–H and O–H groups in total. The Kier molecular flexibility index (Phi) is 5.04. The van der Waals surface area contributed by atoms with Crippen LogP contribution in [0.1, 0.15) is 17.3 Å². The van der Waals surface area contributed by atoms with Gasteiger partial charge in [-0.2, -0.15) is 0 Å². The molecule has 2 aromatic carbocycles. The maximum Gasteiger partial charge on any atom is 0.257 e. The van der Waals surface area contributed by atoms with Crippen molar-refractivity contribution in [1.82, 2.24) is 4.98 Å². The lowest BCUT2D eigenvalue weighted by Crippen LogP contribution is -2.11. The van der Waals surface area contributed by atoms with Crippen LogP contribution in [0.15, 0.2) is 36.4 Å². The van der Waals surface area contributed by atoms with E-state index >= 15 is 0 Å². The number of anilines is 1. The lowest BCUT2D eigenvalue weighted by Gasteiger charge is -2.09. The molecule has 0 atom stereocenters. The molecule has 130 valence electrons. The summed E-state index contributed by atoms with van der Waals surface area (Å²) >= 11 is 1.40. The molecule has 3 aromatic rings. The molecular formula is C18H18N2O4S. The Morgan fingerprint density at radius 1 is 1.12 bits per heavy atom. The Morgan fingerprint density at radius 2 is 1.92 bits per heavy atom. The van der Waals surface area contributed by atoms with Gasteiger partial charge in [-0.05, 0) is 43.3 Å². The van der Waals surface area contributed by atoms with Crippen molar-refractivity contribution in [2.24, 2.45) is 0 Å². The van der Waals surface area contributed by atoms with E-state index in [4.69, 9.17) is 14.2 Å². The molecule has 0 unspecified atom stereocenters. The molecule has 0 spiro atoms. The van der Waals surface area contributed by atoms with Crippen LogP contribution in [0.4, 0.5) is 5.13 Å². The molecule has 0 radical (unpaired) electrons. The van der Waals surface area contributed by atoms with Gasteiger partial charge in [0.1, 0.15) is 5.75 Å². The summed E-state index contributed by atoms with van der Waals surface area (Å²) in [4.78, 5) is 16.9. The standard InChI is InChI=1S/C18H18N2O4S/c1-4-24-12-6-7-13-16(10-12)25-18(19-13)20-17(21)11-5-8-14(22-2)15(9-11)23-3/h5-10H,4H2,1-3H3,(H,19,20,21). The summed E-state index contributed by atoms with van der Waals surface area (Å²) in [5.74, 6) is 1.60. The number of nitrogens with one attached hydrogen (secondary N) is 1. The fourth-order valence-electron chi connectivity index (χ4n) is 2.36. The summed E-state index contributed by atoms with van der Waals surface area (Å²) < 4.78 is 16.8. The number of carbonyl (C=O) groups is 1. The number of methoxy groups -OCH3 is 2. The van der Waals surface area contributed by atoms with E-state index in [0.29, 0.717) is 28.8 Å². The van der Waals surface area contributed by atoms with Crippen LogP contribution in [0, 0.1) is 0 Å². The molecule has 0 saturated carbocycles. The van der Waals surface area contributed by atoms with Crippen LogP contribution in [0.3, 0.4) is 0 Å². The largest absolute Gasteiger partial charge is 0.494 e. The predicted molar refractivity (Wildman–Crippen MR) is 98.3 cm³/mol. The molecule has 1 aromatic heterocycles. The van der Waals surface area contributed by atoms with E-state index in [1.807, 2.05) is 25.1 Å². The number of hydrogen-bond donors (Lipinski definition) is 1. The van der Waals surface area contributed by atoms with Crippen molar-refractivity contribution in [2.45, 2.75) is 6.92 Å². The normalized spacial score (nSPS) is 10.5. The molecule has 0 bridgehead atoms. The number of rotatable bonds is 6.